The van der Waals surface area contributed by atoms with Crippen LogP contribution in [0.4, 0.5) is 0 Å². The third kappa shape index (κ3) is 3.31. The summed E-state index contributed by atoms with van der Waals surface area (Å²) in [6, 6.07) is 0.130. The molecule has 4 atom stereocenters. The molecule has 0 aromatic heterocycles. The van der Waals surface area contributed by atoms with Gasteiger partial charge in [-0.05, 0) is 32.7 Å². The largest absolute Gasteiger partial charge is 0.377 e. The molecule has 19 heavy (non-hydrogen) atoms. The molecule has 0 spiro atoms. The SMILES string of the molecule is CCNC1CCCCCC1S(=O)(=O)C1CCOC1C. The Morgan fingerprint density at radius 2 is 1.84 bits per heavy atom. The van der Waals surface area contributed by atoms with Gasteiger partial charge in [0.1, 0.15) is 0 Å². The zero-order valence-corrected chi connectivity index (χ0v) is 12.9. The first-order valence-electron chi connectivity index (χ1n) is 7.65. The molecule has 0 aromatic carbocycles. The summed E-state index contributed by atoms with van der Waals surface area (Å²) in [6.45, 7) is 5.38. The highest BCUT2D eigenvalue weighted by atomic mass is 32.2. The Balaban J connectivity index is 2.19. The molecule has 1 heterocycles. The van der Waals surface area contributed by atoms with Crippen molar-refractivity contribution in [3.63, 3.8) is 0 Å². The Morgan fingerprint density at radius 1 is 1.11 bits per heavy atom. The fraction of sp³-hybridized carbons (Fsp3) is 1.00. The zero-order valence-electron chi connectivity index (χ0n) is 12.1. The maximum absolute atomic E-state index is 12.9. The molecule has 5 heteroatoms. The number of nitrogens with one attached hydrogen (secondary N) is 1. The fourth-order valence-corrected chi connectivity index (χ4v) is 6.20. The van der Waals surface area contributed by atoms with Crippen molar-refractivity contribution in [3.05, 3.63) is 0 Å². The molecule has 112 valence electrons. The van der Waals surface area contributed by atoms with Crippen LogP contribution in [0.2, 0.25) is 0 Å². The van der Waals surface area contributed by atoms with Crippen LogP contribution < -0.4 is 5.32 Å². The van der Waals surface area contributed by atoms with E-state index in [2.05, 4.69) is 12.2 Å². The molecule has 2 fully saturated rings. The molecule has 1 saturated carbocycles. The number of hydrogen-bond donors (Lipinski definition) is 1. The lowest BCUT2D eigenvalue weighted by atomic mass is 10.1. The van der Waals surface area contributed by atoms with Crippen LogP contribution in [0.3, 0.4) is 0 Å². The predicted molar refractivity (Wildman–Crippen MR) is 77.1 cm³/mol. The van der Waals surface area contributed by atoms with Crippen molar-refractivity contribution < 1.29 is 13.2 Å². The van der Waals surface area contributed by atoms with E-state index in [1.165, 1.54) is 0 Å². The van der Waals surface area contributed by atoms with Gasteiger partial charge in [-0.3, -0.25) is 0 Å². The molecule has 0 amide bonds. The number of sulfone groups is 1. The molecule has 0 bridgehead atoms. The highest BCUT2D eigenvalue weighted by molar-refractivity contribution is 7.92. The number of ether oxygens (including phenoxy) is 1. The van der Waals surface area contributed by atoms with E-state index < -0.39 is 9.84 Å². The summed E-state index contributed by atoms with van der Waals surface area (Å²) in [5.41, 5.74) is 0. The lowest BCUT2D eigenvalue weighted by molar-refractivity contribution is 0.126. The van der Waals surface area contributed by atoms with Crippen LogP contribution in [-0.2, 0) is 14.6 Å². The van der Waals surface area contributed by atoms with Gasteiger partial charge in [0.15, 0.2) is 9.84 Å². The smallest absolute Gasteiger partial charge is 0.160 e. The molecule has 2 aliphatic rings. The quantitative estimate of drug-likeness (QED) is 0.803. The van der Waals surface area contributed by atoms with Gasteiger partial charge in [-0.2, -0.15) is 0 Å². The lowest BCUT2D eigenvalue weighted by Gasteiger charge is -2.29. The first kappa shape index (κ1) is 15.3. The minimum absolute atomic E-state index is 0.130. The van der Waals surface area contributed by atoms with E-state index in [9.17, 15) is 8.42 Å². The van der Waals surface area contributed by atoms with Crippen LogP contribution >= 0.6 is 0 Å². The first-order chi connectivity index (χ1) is 9.07. The molecular weight excluding hydrogens is 262 g/mol. The zero-order chi connectivity index (χ0) is 13.9. The molecule has 1 aliphatic heterocycles. The van der Waals surface area contributed by atoms with Crippen LogP contribution in [0, 0.1) is 0 Å². The average Bonchev–Trinajstić information content (AvgIpc) is 2.66. The lowest BCUT2D eigenvalue weighted by Crippen LogP contribution is -2.48. The average molecular weight is 289 g/mol. The van der Waals surface area contributed by atoms with E-state index in [0.717, 1.165) is 38.6 Å². The number of rotatable bonds is 4. The molecule has 4 unspecified atom stereocenters. The van der Waals surface area contributed by atoms with E-state index in [1.807, 2.05) is 6.92 Å². The summed E-state index contributed by atoms with van der Waals surface area (Å²) in [4.78, 5) is 0. The van der Waals surface area contributed by atoms with Crippen LogP contribution in [0.25, 0.3) is 0 Å². The third-order valence-electron chi connectivity index (χ3n) is 4.57. The maximum Gasteiger partial charge on any atom is 0.160 e. The summed E-state index contributed by atoms with van der Waals surface area (Å²) in [6.07, 6.45) is 5.65. The standard InChI is InChI=1S/C14H27NO3S/c1-3-15-12-7-5-4-6-8-14(12)19(16,17)13-9-10-18-11(13)2/h11-15H,3-10H2,1-2H3. The van der Waals surface area contributed by atoms with Gasteiger partial charge in [-0.25, -0.2) is 8.42 Å². The van der Waals surface area contributed by atoms with Crippen molar-refractivity contribution in [3.8, 4) is 0 Å². The van der Waals surface area contributed by atoms with E-state index in [0.29, 0.717) is 13.0 Å². The van der Waals surface area contributed by atoms with Crippen molar-refractivity contribution in [2.75, 3.05) is 13.2 Å². The Labute approximate surface area is 117 Å². The van der Waals surface area contributed by atoms with Crippen LogP contribution in [-0.4, -0.2) is 44.2 Å². The Kier molecular flexibility index (Phi) is 5.26. The molecule has 2 rings (SSSR count). The summed E-state index contributed by atoms with van der Waals surface area (Å²) in [7, 11) is -3.09. The monoisotopic (exact) mass is 289 g/mol. The molecule has 4 nitrogen and oxygen atoms in total. The first-order valence-corrected chi connectivity index (χ1v) is 9.26. The van der Waals surface area contributed by atoms with Gasteiger partial charge in [0.25, 0.3) is 0 Å². The van der Waals surface area contributed by atoms with Gasteiger partial charge in [0.05, 0.1) is 16.6 Å². The van der Waals surface area contributed by atoms with Crippen molar-refractivity contribution in [1.82, 2.24) is 5.32 Å². The minimum Gasteiger partial charge on any atom is -0.377 e. The van der Waals surface area contributed by atoms with E-state index in [1.54, 1.807) is 0 Å². The Morgan fingerprint density at radius 3 is 2.47 bits per heavy atom. The van der Waals surface area contributed by atoms with Gasteiger partial charge in [-0.15, -0.1) is 0 Å². The Bertz CT molecular complexity index is 382. The second-order valence-electron chi connectivity index (χ2n) is 5.83. The van der Waals surface area contributed by atoms with Gasteiger partial charge in [-0.1, -0.05) is 26.2 Å². The maximum atomic E-state index is 12.9. The van der Waals surface area contributed by atoms with E-state index >= 15 is 0 Å². The summed E-state index contributed by atoms with van der Waals surface area (Å²) in [5.74, 6) is 0. The molecule has 1 N–H and O–H groups in total. The van der Waals surface area contributed by atoms with Crippen molar-refractivity contribution in [2.24, 2.45) is 0 Å². The highest BCUT2D eigenvalue weighted by Gasteiger charge is 2.43. The van der Waals surface area contributed by atoms with Gasteiger partial charge < -0.3 is 10.1 Å². The molecule has 1 aliphatic carbocycles. The van der Waals surface area contributed by atoms with Gasteiger partial charge in [0, 0.05) is 12.6 Å². The predicted octanol–water partition coefficient (Wildman–Crippen LogP) is 1.89. The topological polar surface area (TPSA) is 55.4 Å². The van der Waals surface area contributed by atoms with Gasteiger partial charge >= 0.3 is 0 Å². The minimum atomic E-state index is -3.09. The Hall–Kier alpha value is -0.130. The third-order valence-corrected chi connectivity index (χ3v) is 7.44. The van der Waals surface area contributed by atoms with Crippen LogP contribution in [0.15, 0.2) is 0 Å². The van der Waals surface area contributed by atoms with Gasteiger partial charge in [0.2, 0.25) is 0 Å². The molecule has 0 aromatic rings. The molecule has 0 radical (unpaired) electrons. The van der Waals surface area contributed by atoms with Crippen molar-refractivity contribution >= 4 is 9.84 Å². The fourth-order valence-electron chi connectivity index (χ4n) is 3.53. The summed E-state index contributed by atoms with van der Waals surface area (Å²) in [5, 5.41) is 2.89. The van der Waals surface area contributed by atoms with E-state index in [4.69, 9.17) is 4.74 Å². The molecular formula is C14H27NO3S. The number of hydrogen-bond acceptors (Lipinski definition) is 4. The normalized spacial score (nSPS) is 37.2. The summed E-state index contributed by atoms with van der Waals surface area (Å²) < 4.78 is 31.3. The summed E-state index contributed by atoms with van der Waals surface area (Å²) >= 11 is 0. The van der Waals surface area contributed by atoms with E-state index in [-0.39, 0.29) is 22.6 Å². The van der Waals surface area contributed by atoms with Crippen molar-refractivity contribution in [2.45, 2.75) is 75.0 Å². The molecule has 1 saturated heterocycles. The van der Waals surface area contributed by atoms with Crippen molar-refractivity contribution in [1.29, 1.82) is 0 Å². The second-order valence-corrected chi connectivity index (χ2v) is 8.22. The van der Waals surface area contributed by atoms with Crippen LogP contribution in [0.1, 0.15) is 52.4 Å². The van der Waals surface area contributed by atoms with Crippen LogP contribution in [0.5, 0.6) is 0 Å². The highest BCUT2D eigenvalue weighted by Crippen LogP contribution is 2.31. The second kappa shape index (κ2) is 6.55.